The van der Waals surface area contributed by atoms with Gasteiger partial charge < -0.3 is 0 Å². The zero-order valence-electron chi connectivity index (χ0n) is 7.03. The lowest BCUT2D eigenvalue weighted by molar-refractivity contribution is 1.10. The van der Waals surface area contributed by atoms with Gasteiger partial charge in [0, 0.05) is 0 Å². The fraction of sp³-hybridized carbons (Fsp3) is 1.00. The van der Waals surface area contributed by atoms with Gasteiger partial charge in [0.25, 0.3) is 0 Å². The summed E-state index contributed by atoms with van der Waals surface area (Å²) in [6, 6.07) is 1.59. The first-order valence-electron chi connectivity index (χ1n) is 3.66. The van der Waals surface area contributed by atoms with Gasteiger partial charge in [-0.25, -0.2) is 0 Å². The molecule has 0 unspecified atom stereocenters. The third kappa shape index (κ3) is 1.20. The van der Waals surface area contributed by atoms with Gasteiger partial charge in [0.05, 0.1) is 7.22 Å². The lowest BCUT2D eigenvalue weighted by Crippen LogP contribution is -2.27. The minimum absolute atomic E-state index is 0.0856. The van der Waals surface area contributed by atoms with Crippen LogP contribution in [-0.2, 0) is 0 Å². The molecule has 0 aromatic carbocycles. The summed E-state index contributed by atoms with van der Waals surface area (Å²) < 4.78 is 0. The predicted molar refractivity (Wildman–Crippen MR) is 51.2 cm³/mol. The van der Waals surface area contributed by atoms with Gasteiger partial charge >= 0.3 is 0 Å². The van der Waals surface area contributed by atoms with E-state index < -0.39 is 7.22 Å². The first kappa shape index (κ1) is 7.67. The van der Waals surface area contributed by atoms with Crippen molar-refractivity contribution in [2.45, 2.75) is 25.6 Å². The number of hydrogen-bond donors (Lipinski definition) is 0. The highest BCUT2D eigenvalue weighted by Crippen LogP contribution is 2.57. The van der Waals surface area contributed by atoms with Crippen LogP contribution in [0.4, 0.5) is 0 Å². The monoisotopic (exact) mass is 162 g/mol. The molecule has 2 heteroatoms. The van der Waals surface area contributed by atoms with Gasteiger partial charge in [0.2, 0.25) is 0 Å². The van der Waals surface area contributed by atoms with E-state index in [4.69, 9.17) is 0 Å². The number of hydrogen-bond acceptors (Lipinski definition) is 0. The van der Waals surface area contributed by atoms with E-state index in [2.05, 4.69) is 25.6 Å². The van der Waals surface area contributed by atoms with Crippen LogP contribution in [0.2, 0.25) is 19.1 Å². The van der Waals surface area contributed by atoms with Crippen LogP contribution in [0.25, 0.3) is 0 Å². The van der Waals surface area contributed by atoms with Crippen molar-refractivity contribution in [3.8, 4) is 0 Å². The van der Waals surface area contributed by atoms with Crippen LogP contribution in [0, 0.1) is 0 Å². The highest BCUT2D eigenvalue weighted by molar-refractivity contribution is 8.56. The predicted octanol–water partition coefficient (Wildman–Crippen LogP) is 2.66. The number of rotatable bonds is 0. The molecule has 1 saturated heterocycles. The molecule has 0 spiro atoms. The van der Waals surface area contributed by atoms with E-state index in [1.807, 2.05) is 0 Å². The largest absolute Gasteiger partial charge is 0.259 e. The molecule has 56 valence electrons. The van der Waals surface area contributed by atoms with E-state index in [9.17, 15) is 0 Å². The first-order chi connectivity index (χ1) is 3.96. The van der Waals surface area contributed by atoms with E-state index in [1.54, 1.807) is 11.8 Å². The molecule has 0 aliphatic carbocycles. The van der Waals surface area contributed by atoms with E-state index in [0.29, 0.717) is 0 Å². The molecular formula is C7H18SSi. The summed E-state index contributed by atoms with van der Waals surface area (Å²) in [4.78, 5) is 0. The second kappa shape index (κ2) is 2.02. The van der Waals surface area contributed by atoms with Crippen LogP contribution in [0.1, 0.15) is 6.42 Å². The fourth-order valence-electron chi connectivity index (χ4n) is 1.41. The summed E-state index contributed by atoms with van der Waals surface area (Å²) in [5.41, 5.74) is 0. The average molecular weight is 162 g/mol. The van der Waals surface area contributed by atoms with Crippen LogP contribution in [0.15, 0.2) is 0 Å². The van der Waals surface area contributed by atoms with Crippen molar-refractivity contribution in [1.29, 1.82) is 0 Å². The standard InChI is InChI=1S/C7H18SSi/c1-8(2)6-5-7-9(8,3)4/h5-7H2,1-4H3. The molecule has 0 nitrogen and oxygen atoms in total. The fourth-order valence-corrected chi connectivity index (χ4v) is 8.85. The maximum Gasteiger partial charge on any atom is 0.0919 e. The summed E-state index contributed by atoms with van der Waals surface area (Å²) in [5, 5.41) is 0. The van der Waals surface area contributed by atoms with Gasteiger partial charge in [0.15, 0.2) is 0 Å². The third-order valence-electron chi connectivity index (χ3n) is 2.93. The van der Waals surface area contributed by atoms with Gasteiger partial charge in [-0.1, -0.05) is 13.1 Å². The van der Waals surface area contributed by atoms with Gasteiger partial charge in [-0.2, -0.15) is 0 Å². The Morgan fingerprint density at radius 2 is 1.78 bits per heavy atom. The van der Waals surface area contributed by atoms with E-state index in [-0.39, 0.29) is 9.48 Å². The molecule has 1 aliphatic rings. The SMILES string of the molecule is C[Si]1(C)CCCS1(C)C. The summed E-state index contributed by atoms with van der Waals surface area (Å²) in [6.07, 6.45) is 6.60. The topological polar surface area (TPSA) is 0 Å². The van der Waals surface area contributed by atoms with E-state index in [1.165, 1.54) is 6.42 Å². The molecule has 0 radical (unpaired) electrons. The molecule has 0 saturated carbocycles. The third-order valence-corrected chi connectivity index (χ3v) is 19.0. The van der Waals surface area contributed by atoms with Crippen LogP contribution in [-0.4, -0.2) is 25.5 Å². The second-order valence-corrected chi connectivity index (χ2v) is 18.2. The Balaban J connectivity index is 2.75. The van der Waals surface area contributed by atoms with Gasteiger partial charge in [-0.05, 0) is 30.7 Å². The Bertz CT molecular complexity index is 104. The molecule has 9 heavy (non-hydrogen) atoms. The first-order valence-corrected chi connectivity index (χ1v) is 10.2. The molecule has 0 aromatic heterocycles. The maximum absolute atomic E-state index is 2.56. The molecule has 1 heterocycles. The highest BCUT2D eigenvalue weighted by atomic mass is 32.5. The van der Waals surface area contributed by atoms with Crippen LogP contribution >= 0.6 is 9.48 Å². The zero-order valence-corrected chi connectivity index (χ0v) is 8.85. The van der Waals surface area contributed by atoms with Crippen molar-refractivity contribution in [2.75, 3.05) is 18.3 Å². The van der Waals surface area contributed by atoms with Crippen molar-refractivity contribution >= 4 is 16.7 Å². The van der Waals surface area contributed by atoms with Crippen LogP contribution in [0.3, 0.4) is 0 Å². The minimum Gasteiger partial charge on any atom is -0.259 e. The molecule has 0 aromatic rings. The molecule has 0 atom stereocenters. The Morgan fingerprint density at radius 3 is 1.89 bits per heavy atom. The summed E-state index contributed by atoms with van der Waals surface area (Å²) in [7, 11) is -0.770. The lowest BCUT2D eigenvalue weighted by Gasteiger charge is -2.38. The molecule has 1 fully saturated rings. The molecule has 0 N–H and O–H groups in total. The molecule has 0 amide bonds. The highest BCUT2D eigenvalue weighted by Gasteiger charge is 2.38. The quantitative estimate of drug-likeness (QED) is 0.480. The van der Waals surface area contributed by atoms with Crippen molar-refractivity contribution < 1.29 is 0 Å². The molecule has 1 rings (SSSR count). The summed E-state index contributed by atoms with van der Waals surface area (Å²) in [6.45, 7) is 5.13. The van der Waals surface area contributed by atoms with Crippen molar-refractivity contribution in [3.63, 3.8) is 0 Å². The smallest absolute Gasteiger partial charge is 0.0919 e. The molecule has 0 bridgehead atoms. The maximum atomic E-state index is 2.56. The summed E-state index contributed by atoms with van der Waals surface area (Å²) >= 11 is 0. The zero-order chi connectivity index (χ0) is 7.12. The Kier molecular flexibility index (Phi) is 1.73. The molecular weight excluding hydrogens is 144 g/mol. The van der Waals surface area contributed by atoms with Crippen molar-refractivity contribution in [2.24, 2.45) is 0 Å². The molecule has 1 aliphatic heterocycles. The van der Waals surface area contributed by atoms with Crippen LogP contribution < -0.4 is 0 Å². The normalized spacial score (nSPS) is 34.2. The minimum atomic E-state index is -0.684. The Labute approximate surface area is 61.0 Å². The Hall–Kier alpha value is 0.567. The van der Waals surface area contributed by atoms with Gasteiger partial charge in [-0.15, -0.1) is 0 Å². The van der Waals surface area contributed by atoms with Crippen molar-refractivity contribution in [3.05, 3.63) is 0 Å². The van der Waals surface area contributed by atoms with Crippen LogP contribution in [0.5, 0.6) is 0 Å². The van der Waals surface area contributed by atoms with Gasteiger partial charge in [0.1, 0.15) is 0 Å². The summed E-state index contributed by atoms with van der Waals surface area (Å²) in [5.74, 6) is 1.56. The average Bonchev–Trinajstić information content (AvgIpc) is 1.81. The Morgan fingerprint density at radius 1 is 1.22 bits per heavy atom. The van der Waals surface area contributed by atoms with Crippen molar-refractivity contribution in [1.82, 2.24) is 0 Å². The van der Waals surface area contributed by atoms with E-state index >= 15 is 0 Å². The van der Waals surface area contributed by atoms with Gasteiger partial charge in [-0.3, -0.25) is 9.48 Å². The lowest BCUT2D eigenvalue weighted by atomic mass is 10.6. The van der Waals surface area contributed by atoms with E-state index in [0.717, 1.165) is 0 Å². The second-order valence-electron chi connectivity index (χ2n) is 4.11.